The molecule has 6 heteroatoms. The third kappa shape index (κ3) is 8.19. The summed E-state index contributed by atoms with van der Waals surface area (Å²) in [5.74, 6) is 1.31. The molecule has 0 aliphatic carbocycles. The van der Waals surface area contributed by atoms with Gasteiger partial charge in [0.1, 0.15) is 0 Å². The Morgan fingerprint density at radius 1 is 0.206 bits per heavy atom. The Morgan fingerprint density at radius 2 is 0.485 bits per heavy atom. The highest BCUT2D eigenvalue weighted by molar-refractivity contribution is 5.86. The van der Waals surface area contributed by atoms with Gasteiger partial charge >= 0.3 is 0 Å². The van der Waals surface area contributed by atoms with Gasteiger partial charge in [0.25, 0.3) is 0 Å². The van der Waals surface area contributed by atoms with E-state index in [9.17, 15) is 0 Å². The van der Waals surface area contributed by atoms with Crippen LogP contribution in [-0.4, -0.2) is 29.9 Å². The van der Waals surface area contributed by atoms with Crippen molar-refractivity contribution in [1.29, 1.82) is 0 Å². The highest BCUT2D eigenvalue weighted by atomic mass is 14.9. The summed E-state index contributed by atoms with van der Waals surface area (Å²) < 4.78 is 0. The number of aromatic nitrogens is 6. The molecular formula is C62H40N6. The van der Waals surface area contributed by atoms with Crippen LogP contribution in [0.25, 0.3) is 123 Å². The molecule has 0 spiro atoms. The molecule has 0 radical (unpaired) electrons. The number of rotatable bonds is 9. The molecule has 0 saturated carbocycles. The lowest BCUT2D eigenvalue weighted by Crippen LogP contribution is -1.97. The van der Waals surface area contributed by atoms with Crippen molar-refractivity contribution in [2.75, 3.05) is 0 Å². The van der Waals surface area contributed by atoms with Gasteiger partial charge in [-0.15, -0.1) is 0 Å². The second kappa shape index (κ2) is 17.6. The highest BCUT2D eigenvalue weighted by Gasteiger charge is 2.15. The number of para-hydroxylation sites is 2. The molecule has 0 N–H and O–H groups in total. The van der Waals surface area contributed by atoms with Crippen molar-refractivity contribution in [2.45, 2.75) is 0 Å². The molecule has 4 heterocycles. The van der Waals surface area contributed by atoms with Crippen molar-refractivity contribution in [3.63, 3.8) is 0 Å². The van der Waals surface area contributed by atoms with Crippen molar-refractivity contribution < 1.29 is 0 Å². The molecule has 4 aromatic heterocycles. The van der Waals surface area contributed by atoms with E-state index in [0.717, 1.165) is 100 Å². The lowest BCUT2D eigenvalue weighted by Gasteiger charge is -2.12. The molecule has 0 amide bonds. The van der Waals surface area contributed by atoms with Crippen molar-refractivity contribution >= 4 is 21.8 Å². The Bertz CT molecular complexity index is 3490. The molecule has 12 aromatic rings. The zero-order chi connectivity index (χ0) is 45.2. The van der Waals surface area contributed by atoms with Crippen LogP contribution in [-0.2, 0) is 0 Å². The van der Waals surface area contributed by atoms with Crippen LogP contribution in [0.5, 0.6) is 0 Å². The number of fused-ring (bicyclic) bond motifs is 2. The van der Waals surface area contributed by atoms with Gasteiger partial charge < -0.3 is 0 Å². The zero-order valence-electron chi connectivity index (χ0n) is 36.8. The molecule has 0 saturated heterocycles. The molecule has 8 aromatic carbocycles. The van der Waals surface area contributed by atoms with Crippen molar-refractivity contribution in [2.24, 2.45) is 0 Å². The molecular weight excluding hydrogens is 829 g/mol. The first kappa shape index (κ1) is 40.3. The van der Waals surface area contributed by atoms with Crippen molar-refractivity contribution in [3.05, 3.63) is 243 Å². The molecule has 0 fully saturated rings. The Labute approximate surface area is 394 Å². The maximum absolute atomic E-state index is 5.16. The summed E-state index contributed by atoms with van der Waals surface area (Å²) in [4.78, 5) is 30.1. The maximum atomic E-state index is 5.16. The zero-order valence-corrected chi connectivity index (χ0v) is 36.8. The maximum Gasteiger partial charge on any atom is 0.160 e. The van der Waals surface area contributed by atoms with Crippen LogP contribution in [0.1, 0.15) is 0 Å². The van der Waals surface area contributed by atoms with E-state index >= 15 is 0 Å². The van der Waals surface area contributed by atoms with Crippen LogP contribution >= 0.6 is 0 Å². The van der Waals surface area contributed by atoms with E-state index in [-0.39, 0.29) is 0 Å². The first-order valence-electron chi connectivity index (χ1n) is 22.7. The van der Waals surface area contributed by atoms with E-state index in [0.29, 0.717) is 11.6 Å². The van der Waals surface area contributed by atoms with Gasteiger partial charge in [-0.25, -0.2) is 19.9 Å². The summed E-state index contributed by atoms with van der Waals surface area (Å²) in [5.41, 5.74) is 17.7. The summed E-state index contributed by atoms with van der Waals surface area (Å²) in [6.45, 7) is 0. The molecule has 0 unspecified atom stereocenters. The molecule has 68 heavy (non-hydrogen) atoms. The minimum atomic E-state index is 0.655. The summed E-state index contributed by atoms with van der Waals surface area (Å²) in [7, 11) is 0. The summed E-state index contributed by atoms with van der Waals surface area (Å²) in [5, 5.41) is 2.12. The Morgan fingerprint density at radius 3 is 0.853 bits per heavy atom. The van der Waals surface area contributed by atoms with Crippen molar-refractivity contribution in [1.82, 2.24) is 29.9 Å². The number of nitrogens with zero attached hydrogens (tertiary/aromatic N) is 6. The smallest absolute Gasteiger partial charge is 0.160 e. The van der Waals surface area contributed by atoms with Crippen LogP contribution in [0.15, 0.2) is 243 Å². The van der Waals surface area contributed by atoms with Gasteiger partial charge in [0.15, 0.2) is 11.6 Å². The van der Waals surface area contributed by atoms with E-state index in [1.807, 2.05) is 60.9 Å². The SMILES string of the molecule is c1ccc(-c2ccc(-c3nc(-c4ccc(-c5ccc(-c6cc(-c7cnc8ccccc8c7)nc(-c7ccc(-c8ccccc8)cc7)n6)cc5)cc4)cc(-c4cnc5ccccc5c4)n3)cc2)cc1. The predicted molar refractivity (Wildman–Crippen MR) is 277 cm³/mol. The largest absolute Gasteiger partial charge is 0.256 e. The molecule has 12 rings (SSSR count). The molecule has 0 aliphatic rings. The average molecular weight is 869 g/mol. The van der Waals surface area contributed by atoms with Gasteiger partial charge in [-0.2, -0.15) is 0 Å². The van der Waals surface area contributed by atoms with Crippen LogP contribution in [0.4, 0.5) is 0 Å². The topological polar surface area (TPSA) is 77.3 Å². The van der Waals surface area contributed by atoms with Gasteiger partial charge in [-0.1, -0.05) is 194 Å². The van der Waals surface area contributed by atoms with E-state index in [4.69, 9.17) is 29.9 Å². The average Bonchev–Trinajstić information content (AvgIpc) is 3.43. The molecule has 0 bridgehead atoms. The van der Waals surface area contributed by atoms with Gasteiger partial charge in [-0.05, 0) is 69.8 Å². The number of hydrogen-bond donors (Lipinski definition) is 0. The van der Waals surface area contributed by atoms with E-state index in [2.05, 4.69) is 182 Å². The Kier molecular flexibility index (Phi) is 10.4. The standard InChI is InChI=1S/C62H40N6/c1-3-11-41(12-4-1)43-23-31-49(32-24-43)61-65-57(37-59(67-61)53-35-51-15-7-9-17-55(51)63-39-53)47-27-19-45(20-28-47)46-21-29-48(30-22-46)58-38-60(54-36-52-16-8-10-18-56(52)64-40-54)68-62(66-58)50-33-25-44(26-34-50)42-13-5-2-6-14-42/h1-40H. The van der Waals surface area contributed by atoms with Crippen molar-refractivity contribution in [3.8, 4) is 101 Å². The molecule has 318 valence electrons. The normalized spacial score (nSPS) is 11.2. The summed E-state index contributed by atoms with van der Waals surface area (Å²) in [6.07, 6.45) is 3.80. The Hall–Kier alpha value is -9.26. The third-order valence-electron chi connectivity index (χ3n) is 12.4. The first-order chi connectivity index (χ1) is 33.6. The quantitative estimate of drug-likeness (QED) is 0.144. The van der Waals surface area contributed by atoms with E-state index in [1.54, 1.807) is 0 Å². The van der Waals surface area contributed by atoms with Crippen LogP contribution in [0.3, 0.4) is 0 Å². The van der Waals surface area contributed by atoms with Crippen LogP contribution in [0.2, 0.25) is 0 Å². The second-order valence-corrected chi connectivity index (χ2v) is 16.8. The van der Waals surface area contributed by atoms with E-state index in [1.165, 1.54) is 11.1 Å². The fraction of sp³-hybridized carbons (Fsp3) is 0. The highest BCUT2D eigenvalue weighted by Crippen LogP contribution is 2.34. The fourth-order valence-corrected chi connectivity index (χ4v) is 8.72. The predicted octanol–water partition coefficient (Wildman–Crippen LogP) is 15.4. The minimum absolute atomic E-state index is 0.655. The Balaban J connectivity index is 0.871. The molecule has 0 atom stereocenters. The van der Waals surface area contributed by atoms with Gasteiger partial charge in [-0.3, -0.25) is 9.97 Å². The fourth-order valence-electron chi connectivity index (χ4n) is 8.72. The summed E-state index contributed by atoms with van der Waals surface area (Å²) in [6, 6.07) is 79.6. The minimum Gasteiger partial charge on any atom is -0.256 e. The first-order valence-corrected chi connectivity index (χ1v) is 22.7. The lowest BCUT2D eigenvalue weighted by molar-refractivity contribution is 1.18. The van der Waals surface area contributed by atoms with Gasteiger partial charge in [0.05, 0.1) is 33.8 Å². The van der Waals surface area contributed by atoms with Crippen LogP contribution < -0.4 is 0 Å². The third-order valence-corrected chi connectivity index (χ3v) is 12.4. The van der Waals surface area contributed by atoms with Crippen LogP contribution in [0, 0.1) is 0 Å². The van der Waals surface area contributed by atoms with Gasteiger partial charge in [0, 0.05) is 56.5 Å². The number of benzene rings is 8. The second-order valence-electron chi connectivity index (χ2n) is 16.8. The summed E-state index contributed by atoms with van der Waals surface area (Å²) >= 11 is 0. The van der Waals surface area contributed by atoms with Gasteiger partial charge in [0.2, 0.25) is 0 Å². The lowest BCUT2D eigenvalue weighted by atomic mass is 9.99. The molecule has 0 aliphatic heterocycles. The molecule has 6 nitrogen and oxygen atoms in total. The number of hydrogen-bond acceptors (Lipinski definition) is 6. The monoisotopic (exact) mass is 868 g/mol. The van der Waals surface area contributed by atoms with E-state index < -0.39 is 0 Å². The number of pyridine rings is 2.